The number of nitrogens with zero attached hydrogens (tertiary/aromatic N) is 2. The molecule has 0 spiro atoms. The van der Waals surface area contributed by atoms with E-state index in [1.165, 1.54) is 5.56 Å². The first-order valence-corrected chi connectivity index (χ1v) is 8.28. The number of benzene rings is 1. The predicted molar refractivity (Wildman–Crippen MR) is 94.1 cm³/mol. The van der Waals surface area contributed by atoms with Crippen molar-refractivity contribution in [1.82, 2.24) is 9.78 Å². The number of hydrogen-bond acceptors (Lipinski definition) is 4. The zero-order valence-corrected chi connectivity index (χ0v) is 14.4. The molecule has 0 atom stereocenters. The molecule has 0 fully saturated rings. The highest BCUT2D eigenvalue weighted by molar-refractivity contribution is 7.98. The van der Waals surface area contributed by atoms with Crippen molar-refractivity contribution < 1.29 is 0 Å². The van der Waals surface area contributed by atoms with Crippen LogP contribution in [0.5, 0.6) is 0 Å². The van der Waals surface area contributed by atoms with Gasteiger partial charge in [-0.2, -0.15) is 5.10 Å². The van der Waals surface area contributed by atoms with E-state index in [2.05, 4.69) is 17.3 Å². The van der Waals surface area contributed by atoms with E-state index in [0.29, 0.717) is 11.5 Å². The zero-order chi connectivity index (χ0) is 15.6. The predicted octanol–water partition coefficient (Wildman–Crippen LogP) is 3.01. The summed E-state index contributed by atoms with van der Waals surface area (Å²) in [7, 11) is 1.96. The van der Waals surface area contributed by atoms with Crippen molar-refractivity contribution in [2.24, 2.45) is 12.8 Å². The van der Waals surface area contributed by atoms with Crippen molar-refractivity contribution in [3.8, 4) is 0 Å². The van der Waals surface area contributed by atoms with Crippen molar-refractivity contribution in [1.29, 1.82) is 0 Å². The summed E-state index contributed by atoms with van der Waals surface area (Å²) in [4.78, 5) is 1.51. The van der Waals surface area contributed by atoms with Crippen LogP contribution < -0.4 is 11.1 Å². The van der Waals surface area contributed by atoms with Gasteiger partial charge in [0.2, 0.25) is 0 Å². The van der Waals surface area contributed by atoms with E-state index in [1.54, 1.807) is 11.8 Å². The molecule has 2 rings (SSSR count). The summed E-state index contributed by atoms with van der Waals surface area (Å²) in [6.07, 6.45) is 2.02. The van der Waals surface area contributed by atoms with Crippen molar-refractivity contribution in [2.75, 3.05) is 11.6 Å². The van der Waals surface area contributed by atoms with E-state index in [9.17, 15) is 0 Å². The summed E-state index contributed by atoms with van der Waals surface area (Å²) in [5.74, 6) is 0. The van der Waals surface area contributed by atoms with Crippen molar-refractivity contribution in [3.63, 3.8) is 0 Å². The highest BCUT2D eigenvalue weighted by Crippen LogP contribution is 2.27. The number of thiocarbonyl (C=S) groups is 1. The first-order valence-electron chi connectivity index (χ1n) is 6.65. The monoisotopic (exact) mass is 320 g/mol. The first kappa shape index (κ1) is 15.9. The Morgan fingerprint density at radius 1 is 1.43 bits per heavy atom. The molecule has 4 nitrogen and oxygen atoms in total. The van der Waals surface area contributed by atoms with Crippen LogP contribution >= 0.6 is 24.0 Å². The lowest BCUT2D eigenvalue weighted by atomic mass is 10.1. The fourth-order valence-corrected chi connectivity index (χ4v) is 3.28. The second kappa shape index (κ2) is 6.49. The molecule has 0 aliphatic heterocycles. The molecule has 1 heterocycles. The van der Waals surface area contributed by atoms with Crippen LogP contribution in [-0.2, 0) is 13.6 Å². The fourth-order valence-electron chi connectivity index (χ4n) is 2.36. The molecule has 2 aromatic rings. The molecule has 6 heteroatoms. The lowest BCUT2D eigenvalue weighted by Crippen LogP contribution is -2.15. The Labute approximate surface area is 135 Å². The number of nitrogens with one attached hydrogen (secondary N) is 1. The van der Waals surface area contributed by atoms with Crippen molar-refractivity contribution in [3.05, 3.63) is 40.7 Å². The standard InChI is InChI=1S/C15H20N4S2/c1-9-11(10(2)19(3)18-9)8-17-12-6-5-7-13(21-4)14(12)15(16)20/h5-7,17H,8H2,1-4H3,(H2,16,20). The number of rotatable bonds is 5. The summed E-state index contributed by atoms with van der Waals surface area (Å²) < 4.78 is 1.90. The van der Waals surface area contributed by atoms with Gasteiger partial charge in [0, 0.05) is 41.0 Å². The van der Waals surface area contributed by atoms with Crippen molar-refractivity contribution in [2.45, 2.75) is 25.3 Å². The second-order valence-corrected chi connectivity index (χ2v) is 6.16. The summed E-state index contributed by atoms with van der Waals surface area (Å²) in [5, 5.41) is 7.88. The molecular formula is C15H20N4S2. The molecule has 1 aromatic heterocycles. The molecule has 21 heavy (non-hydrogen) atoms. The first-order chi connectivity index (χ1) is 9.95. The SMILES string of the molecule is CSc1cccc(NCc2c(C)nn(C)c2C)c1C(N)=S. The van der Waals surface area contributed by atoms with Gasteiger partial charge in [0.1, 0.15) is 4.99 Å². The van der Waals surface area contributed by atoms with Gasteiger partial charge in [0.15, 0.2) is 0 Å². The van der Waals surface area contributed by atoms with Gasteiger partial charge in [0.25, 0.3) is 0 Å². The van der Waals surface area contributed by atoms with E-state index in [1.807, 2.05) is 43.1 Å². The van der Waals surface area contributed by atoms with Gasteiger partial charge in [-0.15, -0.1) is 11.8 Å². The third-order valence-corrected chi connectivity index (χ3v) is 4.59. The van der Waals surface area contributed by atoms with Crippen LogP contribution in [0.4, 0.5) is 5.69 Å². The van der Waals surface area contributed by atoms with Gasteiger partial charge in [-0.3, -0.25) is 4.68 Å². The minimum atomic E-state index is 0.419. The highest BCUT2D eigenvalue weighted by Gasteiger charge is 2.13. The number of thioether (sulfide) groups is 1. The van der Waals surface area contributed by atoms with Crippen LogP contribution in [-0.4, -0.2) is 21.0 Å². The molecule has 0 aliphatic rings. The number of aromatic nitrogens is 2. The molecule has 0 saturated carbocycles. The molecule has 112 valence electrons. The van der Waals surface area contributed by atoms with E-state index >= 15 is 0 Å². The summed E-state index contributed by atoms with van der Waals surface area (Å²) in [6, 6.07) is 6.05. The average molecular weight is 320 g/mol. The second-order valence-electron chi connectivity index (χ2n) is 4.87. The lowest BCUT2D eigenvalue weighted by molar-refractivity contribution is 0.730. The average Bonchev–Trinajstić information content (AvgIpc) is 2.69. The molecule has 0 aliphatic carbocycles. The Balaban J connectivity index is 2.30. The van der Waals surface area contributed by atoms with Gasteiger partial charge in [-0.25, -0.2) is 0 Å². The van der Waals surface area contributed by atoms with Gasteiger partial charge in [-0.05, 0) is 32.2 Å². The van der Waals surface area contributed by atoms with Crippen LogP contribution in [0.25, 0.3) is 0 Å². The molecule has 1 aromatic carbocycles. The third-order valence-electron chi connectivity index (χ3n) is 3.61. The van der Waals surface area contributed by atoms with E-state index in [0.717, 1.165) is 27.5 Å². The minimum absolute atomic E-state index is 0.419. The largest absolute Gasteiger partial charge is 0.389 e. The molecule has 3 N–H and O–H groups in total. The molecule has 0 saturated heterocycles. The lowest BCUT2D eigenvalue weighted by Gasteiger charge is -2.14. The Morgan fingerprint density at radius 3 is 2.67 bits per heavy atom. The van der Waals surface area contributed by atoms with Gasteiger partial charge in [0.05, 0.1) is 5.69 Å². The van der Waals surface area contributed by atoms with E-state index < -0.39 is 0 Å². The van der Waals surface area contributed by atoms with Crippen LogP contribution in [0, 0.1) is 13.8 Å². The van der Waals surface area contributed by atoms with Gasteiger partial charge in [-0.1, -0.05) is 18.3 Å². The highest BCUT2D eigenvalue weighted by atomic mass is 32.2. The smallest absolute Gasteiger partial charge is 0.107 e. The fraction of sp³-hybridized carbons (Fsp3) is 0.333. The molecule has 0 bridgehead atoms. The van der Waals surface area contributed by atoms with Crippen LogP contribution in [0.3, 0.4) is 0 Å². The Bertz CT molecular complexity index is 677. The number of hydrogen-bond donors (Lipinski definition) is 2. The Morgan fingerprint density at radius 2 is 2.14 bits per heavy atom. The van der Waals surface area contributed by atoms with Crippen molar-refractivity contribution >= 4 is 34.7 Å². The topological polar surface area (TPSA) is 55.9 Å². The maximum atomic E-state index is 5.89. The summed E-state index contributed by atoms with van der Waals surface area (Å²) >= 11 is 6.84. The van der Waals surface area contributed by atoms with E-state index in [-0.39, 0.29) is 0 Å². The maximum absolute atomic E-state index is 5.89. The molecule has 0 unspecified atom stereocenters. The molecule has 0 radical (unpaired) electrons. The Kier molecular flexibility index (Phi) is 4.90. The van der Waals surface area contributed by atoms with Gasteiger partial charge < -0.3 is 11.1 Å². The minimum Gasteiger partial charge on any atom is -0.389 e. The normalized spacial score (nSPS) is 10.7. The third kappa shape index (κ3) is 3.22. The number of anilines is 1. The quantitative estimate of drug-likeness (QED) is 0.655. The summed E-state index contributed by atoms with van der Waals surface area (Å²) in [5.41, 5.74) is 11.2. The zero-order valence-electron chi connectivity index (χ0n) is 12.7. The Hall–Kier alpha value is -1.53. The van der Waals surface area contributed by atoms with Crippen LogP contribution in [0.15, 0.2) is 23.1 Å². The maximum Gasteiger partial charge on any atom is 0.107 e. The van der Waals surface area contributed by atoms with E-state index in [4.69, 9.17) is 18.0 Å². The van der Waals surface area contributed by atoms with Crippen LogP contribution in [0.1, 0.15) is 22.5 Å². The molecular weight excluding hydrogens is 300 g/mol. The summed E-state index contributed by atoms with van der Waals surface area (Å²) in [6.45, 7) is 4.81. The number of nitrogens with two attached hydrogens (primary N) is 1. The number of aryl methyl sites for hydroxylation is 2. The van der Waals surface area contributed by atoms with Gasteiger partial charge >= 0.3 is 0 Å². The molecule has 0 amide bonds. The van der Waals surface area contributed by atoms with Crippen LogP contribution in [0.2, 0.25) is 0 Å².